The Kier molecular flexibility index (Phi) is 4.33. The third kappa shape index (κ3) is 3.30. The van der Waals surface area contributed by atoms with Crippen molar-refractivity contribution in [1.82, 2.24) is 9.78 Å². The first-order valence-electron chi connectivity index (χ1n) is 6.16. The molecule has 2 rings (SSSR count). The molecule has 1 saturated heterocycles. The van der Waals surface area contributed by atoms with Gasteiger partial charge in [-0.05, 0) is 19.8 Å². The number of aromatic nitrogens is 2. The summed E-state index contributed by atoms with van der Waals surface area (Å²) in [5.41, 5.74) is 0.682. The van der Waals surface area contributed by atoms with Crippen LogP contribution in [0.15, 0.2) is 12.4 Å². The quantitative estimate of drug-likeness (QED) is 0.851. The molecule has 0 aliphatic carbocycles. The first-order valence-corrected chi connectivity index (χ1v) is 6.16. The number of carbonyl (C=O) groups is 1. The minimum absolute atomic E-state index is 0.172. The smallest absolute Gasteiger partial charge is 0.253 e. The van der Waals surface area contributed by atoms with Gasteiger partial charge in [0, 0.05) is 19.9 Å². The van der Waals surface area contributed by atoms with Crippen molar-refractivity contribution >= 4 is 11.6 Å². The number of carbonyl (C=O) groups excluding carboxylic acids is 1. The monoisotopic (exact) mass is 253 g/mol. The molecular formula is C12H19N3O3. The zero-order valence-corrected chi connectivity index (χ0v) is 10.8. The summed E-state index contributed by atoms with van der Waals surface area (Å²) in [4.78, 5) is 11.6. The molecule has 1 aromatic rings. The molecule has 2 unspecified atom stereocenters. The van der Waals surface area contributed by atoms with Crippen molar-refractivity contribution in [1.29, 1.82) is 0 Å². The van der Waals surface area contributed by atoms with E-state index in [1.54, 1.807) is 17.8 Å². The second kappa shape index (κ2) is 5.97. The summed E-state index contributed by atoms with van der Waals surface area (Å²) in [5.74, 6) is -0.172. The Balaban J connectivity index is 1.87. The van der Waals surface area contributed by atoms with Crippen LogP contribution in [0, 0.1) is 0 Å². The highest BCUT2D eigenvalue weighted by Crippen LogP contribution is 2.15. The maximum Gasteiger partial charge on any atom is 0.253 e. The molecule has 0 aromatic carbocycles. The Labute approximate surface area is 106 Å². The van der Waals surface area contributed by atoms with Crippen molar-refractivity contribution in [3.8, 4) is 0 Å². The van der Waals surface area contributed by atoms with E-state index in [1.807, 2.05) is 6.20 Å². The standard InChI is InChI=1S/C12H19N3O3/c1-9(17-2)12(16)14-10-6-13-15(7-10)8-11-4-3-5-18-11/h6-7,9,11H,3-5,8H2,1-2H3,(H,14,16). The van der Waals surface area contributed by atoms with Crippen LogP contribution in [0.25, 0.3) is 0 Å². The maximum atomic E-state index is 11.6. The van der Waals surface area contributed by atoms with E-state index >= 15 is 0 Å². The van der Waals surface area contributed by atoms with Crippen LogP contribution in [0.1, 0.15) is 19.8 Å². The number of nitrogens with zero attached hydrogens (tertiary/aromatic N) is 2. The van der Waals surface area contributed by atoms with Crippen LogP contribution >= 0.6 is 0 Å². The summed E-state index contributed by atoms with van der Waals surface area (Å²) in [6, 6.07) is 0. The number of amides is 1. The van der Waals surface area contributed by atoms with Crippen LogP contribution in [0.4, 0.5) is 5.69 Å². The fourth-order valence-corrected chi connectivity index (χ4v) is 1.88. The lowest BCUT2D eigenvalue weighted by molar-refractivity contribution is -0.124. The van der Waals surface area contributed by atoms with Gasteiger partial charge < -0.3 is 14.8 Å². The van der Waals surface area contributed by atoms with Gasteiger partial charge in [0.2, 0.25) is 0 Å². The molecule has 0 spiro atoms. The fraction of sp³-hybridized carbons (Fsp3) is 0.667. The van der Waals surface area contributed by atoms with Gasteiger partial charge in [-0.1, -0.05) is 0 Å². The van der Waals surface area contributed by atoms with Crippen molar-refractivity contribution < 1.29 is 14.3 Å². The molecule has 0 bridgehead atoms. The molecule has 1 amide bonds. The number of nitrogens with one attached hydrogen (secondary N) is 1. The third-order valence-electron chi connectivity index (χ3n) is 3.04. The van der Waals surface area contributed by atoms with Crippen LogP contribution in [0.2, 0.25) is 0 Å². The van der Waals surface area contributed by atoms with Crippen LogP contribution in [0.5, 0.6) is 0 Å². The Morgan fingerprint density at radius 3 is 3.28 bits per heavy atom. The lowest BCUT2D eigenvalue weighted by atomic mass is 10.2. The highest BCUT2D eigenvalue weighted by atomic mass is 16.5. The number of rotatable bonds is 5. The van der Waals surface area contributed by atoms with Crippen LogP contribution in [0.3, 0.4) is 0 Å². The molecule has 2 atom stereocenters. The largest absolute Gasteiger partial charge is 0.376 e. The molecule has 2 heterocycles. The Morgan fingerprint density at radius 1 is 1.78 bits per heavy atom. The van der Waals surface area contributed by atoms with Gasteiger partial charge in [-0.15, -0.1) is 0 Å². The van der Waals surface area contributed by atoms with Crippen molar-refractivity contribution in [3.63, 3.8) is 0 Å². The molecule has 100 valence electrons. The number of hydrogen-bond donors (Lipinski definition) is 1. The number of hydrogen-bond acceptors (Lipinski definition) is 4. The van der Waals surface area contributed by atoms with Gasteiger partial charge in [-0.2, -0.15) is 5.10 Å². The van der Waals surface area contributed by atoms with Gasteiger partial charge in [0.25, 0.3) is 5.91 Å². The van der Waals surface area contributed by atoms with E-state index in [1.165, 1.54) is 7.11 Å². The minimum atomic E-state index is -0.466. The molecule has 6 nitrogen and oxygen atoms in total. The topological polar surface area (TPSA) is 65.4 Å². The van der Waals surface area contributed by atoms with E-state index in [0.717, 1.165) is 26.0 Å². The average molecular weight is 253 g/mol. The van der Waals surface area contributed by atoms with Crippen LogP contribution in [-0.4, -0.2) is 41.6 Å². The molecule has 0 radical (unpaired) electrons. The fourth-order valence-electron chi connectivity index (χ4n) is 1.88. The van der Waals surface area contributed by atoms with E-state index in [-0.39, 0.29) is 12.0 Å². The Bertz CT molecular complexity index is 399. The molecule has 18 heavy (non-hydrogen) atoms. The van der Waals surface area contributed by atoms with Gasteiger partial charge in [-0.3, -0.25) is 9.48 Å². The Hall–Kier alpha value is -1.40. The van der Waals surface area contributed by atoms with Gasteiger partial charge in [0.15, 0.2) is 0 Å². The number of ether oxygens (including phenoxy) is 2. The molecule has 1 aliphatic rings. The van der Waals surface area contributed by atoms with Gasteiger partial charge >= 0.3 is 0 Å². The zero-order chi connectivity index (χ0) is 13.0. The first kappa shape index (κ1) is 13.0. The van der Waals surface area contributed by atoms with E-state index in [2.05, 4.69) is 10.4 Å². The molecule has 0 saturated carbocycles. The molecular weight excluding hydrogens is 234 g/mol. The summed E-state index contributed by atoms with van der Waals surface area (Å²) in [5, 5.41) is 6.95. The SMILES string of the molecule is COC(C)C(=O)Nc1cnn(CC2CCCO2)c1. The van der Waals surface area contributed by atoms with Crippen molar-refractivity contribution in [3.05, 3.63) is 12.4 Å². The lowest BCUT2D eigenvalue weighted by Crippen LogP contribution is -2.26. The predicted octanol–water partition coefficient (Wildman–Crippen LogP) is 1.04. The average Bonchev–Trinajstić information content (AvgIpc) is 3.01. The van der Waals surface area contributed by atoms with E-state index in [4.69, 9.17) is 9.47 Å². The van der Waals surface area contributed by atoms with Gasteiger partial charge in [-0.25, -0.2) is 0 Å². The normalized spacial score (nSPS) is 20.9. The highest BCUT2D eigenvalue weighted by molar-refractivity contribution is 5.93. The Morgan fingerprint density at radius 2 is 2.61 bits per heavy atom. The van der Waals surface area contributed by atoms with Crippen LogP contribution in [-0.2, 0) is 20.8 Å². The van der Waals surface area contributed by atoms with Gasteiger partial charge in [0.1, 0.15) is 6.10 Å². The maximum absolute atomic E-state index is 11.6. The molecule has 1 N–H and O–H groups in total. The first-order chi connectivity index (χ1) is 8.69. The number of anilines is 1. The van der Waals surface area contributed by atoms with Crippen molar-refractivity contribution in [2.75, 3.05) is 19.0 Å². The predicted molar refractivity (Wildman–Crippen MR) is 66.3 cm³/mol. The van der Waals surface area contributed by atoms with Crippen LogP contribution < -0.4 is 5.32 Å². The van der Waals surface area contributed by atoms with E-state index in [0.29, 0.717) is 5.69 Å². The molecule has 1 fully saturated rings. The molecule has 6 heteroatoms. The summed E-state index contributed by atoms with van der Waals surface area (Å²) < 4.78 is 12.3. The van der Waals surface area contributed by atoms with E-state index in [9.17, 15) is 4.79 Å². The highest BCUT2D eigenvalue weighted by Gasteiger charge is 2.17. The lowest BCUT2D eigenvalue weighted by Gasteiger charge is -2.09. The molecule has 1 aromatic heterocycles. The number of methoxy groups -OCH3 is 1. The second-order valence-electron chi connectivity index (χ2n) is 4.45. The second-order valence-corrected chi connectivity index (χ2v) is 4.45. The van der Waals surface area contributed by atoms with Crippen molar-refractivity contribution in [2.45, 2.75) is 38.5 Å². The molecule has 1 aliphatic heterocycles. The third-order valence-corrected chi connectivity index (χ3v) is 3.04. The van der Waals surface area contributed by atoms with E-state index < -0.39 is 6.10 Å². The summed E-state index contributed by atoms with van der Waals surface area (Å²) in [7, 11) is 1.51. The summed E-state index contributed by atoms with van der Waals surface area (Å²) in [6.45, 7) is 3.27. The summed E-state index contributed by atoms with van der Waals surface area (Å²) in [6.07, 6.45) is 5.40. The van der Waals surface area contributed by atoms with Crippen molar-refractivity contribution in [2.24, 2.45) is 0 Å². The minimum Gasteiger partial charge on any atom is -0.376 e. The zero-order valence-electron chi connectivity index (χ0n) is 10.8. The summed E-state index contributed by atoms with van der Waals surface area (Å²) >= 11 is 0. The van der Waals surface area contributed by atoms with Gasteiger partial charge in [0.05, 0.1) is 24.5 Å².